The van der Waals surface area contributed by atoms with E-state index in [0.717, 1.165) is 30.2 Å². The summed E-state index contributed by atoms with van der Waals surface area (Å²) in [5, 5.41) is 3.00. The molecule has 29 heavy (non-hydrogen) atoms. The Morgan fingerprint density at radius 1 is 0.897 bits per heavy atom. The predicted molar refractivity (Wildman–Crippen MR) is 111 cm³/mol. The molecule has 7 nitrogen and oxygen atoms in total. The molecule has 1 saturated heterocycles. The van der Waals surface area contributed by atoms with Crippen molar-refractivity contribution in [3.05, 3.63) is 78.6 Å². The van der Waals surface area contributed by atoms with Crippen molar-refractivity contribution >= 4 is 12.0 Å². The molecule has 0 bridgehead atoms. The van der Waals surface area contributed by atoms with Gasteiger partial charge < -0.3 is 19.9 Å². The second-order valence-electron chi connectivity index (χ2n) is 6.74. The minimum atomic E-state index is -0.0620. The van der Waals surface area contributed by atoms with Crippen molar-refractivity contribution in [2.24, 2.45) is 0 Å². The Balaban J connectivity index is 1.27. The topological polar surface area (TPSA) is 70.6 Å². The fourth-order valence-corrected chi connectivity index (χ4v) is 3.20. The third-order valence-corrected chi connectivity index (χ3v) is 4.72. The van der Waals surface area contributed by atoms with E-state index in [-0.39, 0.29) is 6.03 Å². The Morgan fingerprint density at radius 2 is 1.62 bits per heavy atom. The zero-order valence-corrected chi connectivity index (χ0v) is 16.1. The third kappa shape index (κ3) is 5.01. The van der Waals surface area contributed by atoms with Gasteiger partial charge in [-0.05, 0) is 35.9 Å². The number of amides is 2. The van der Waals surface area contributed by atoms with E-state index in [1.807, 2.05) is 59.5 Å². The number of carbonyl (C=O) groups is 1. The zero-order valence-electron chi connectivity index (χ0n) is 16.1. The molecule has 1 N–H and O–H groups in total. The Labute approximate surface area is 170 Å². The van der Waals surface area contributed by atoms with Crippen LogP contribution in [0.3, 0.4) is 0 Å². The van der Waals surface area contributed by atoms with Gasteiger partial charge in [0.1, 0.15) is 11.5 Å². The van der Waals surface area contributed by atoms with E-state index in [1.54, 1.807) is 18.5 Å². The molecule has 1 aliphatic rings. The van der Waals surface area contributed by atoms with Crippen molar-refractivity contribution in [3.8, 4) is 11.5 Å². The summed E-state index contributed by atoms with van der Waals surface area (Å²) in [6, 6.07) is 19.1. The van der Waals surface area contributed by atoms with Crippen molar-refractivity contribution in [3.63, 3.8) is 0 Å². The molecule has 4 rings (SSSR count). The fraction of sp³-hybridized carbons (Fsp3) is 0.227. The second kappa shape index (κ2) is 9.05. The summed E-state index contributed by atoms with van der Waals surface area (Å²) in [6.45, 7) is 3.17. The molecule has 0 atom stereocenters. The van der Waals surface area contributed by atoms with Crippen LogP contribution in [0.4, 0.5) is 10.7 Å². The maximum absolute atomic E-state index is 12.5. The van der Waals surface area contributed by atoms with E-state index in [9.17, 15) is 4.79 Å². The van der Waals surface area contributed by atoms with Crippen molar-refractivity contribution in [2.45, 2.75) is 6.54 Å². The maximum atomic E-state index is 12.5. The van der Waals surface area contributed by atoms with Gasteiger partial charge in [-0.1, -0.05) is 30.3 Å². The lowest BCUT2D eigenvalue weighted by Gasteiger charge is -2.34. The van der Waals surface area contributed by atoms with Crippen LogP contribution >= 0.6 is 0 Å². The third-order valence-electron chi connectivity index (χ3n) is 4.72. The highest BCUT2D eigenvalue weighted by atomic mass is 16.5. The number of piperazine rings is 1. The first-order valence-electron chi connectivity index (χ1n) is 9.64. The Bertz CT molecular complexity index is 928. The SMILES string of the molecule is O=C(NCc1cccc(Oc2ccccc2)c1)N1CCN(c2ncccn2)CC1. The number of aromatic nitrogens is 2. The summed E-state index contributed by atoms with van der Waals surface area (Å²) in [5.74, 6) is 2.25. The molecule has 0 spiro atoms. The van der Waals surface area contributed by atoms with Gasteiger partial charge in [-0.3, -0.25) is 0 Å². The number of carbonyl (C=O) groups excluding carboxylic acids is 1. The lowest BCUT2D eigenvalue weighted by atomic mass is 10.2. The molecule has 1 aliphatic heterocycles. The van der Waals surface area contributed by atoms with Gasteiger partial charge in [-0.2, -0.15) is 0 Å². The zero-order chi connectivity index (χ0) is 19.9. The van der Waals surface area contributed by atoms with E-state index in [1.165, 1.54) is 0 Å². The van der Waals surface area contributed by atoms with Gasteiger partial charge in [0.15, 0.2) is 0 Å². The first kappa shape index (κ1) is 18.7. The molecular formula is C22H23N5O2. The van der Waals surface area contributed by atoms with Crippen molar-refractivity contribution in [1.82, 2.24) is 20.2 Å². The van der Waals surface area contributed by atoms with Crippen LogP contribution in [0.1, 0.15) is 5.56 Å². The summed E-state index contributed by atoms with van der Waals surface area (Å²) in [4.78, 5) is 25.0. The van der Waals surface area contributed by atoms with Crippen LogP contribution < -0.4 is 15.0 Å². The van der Waals surface area contributed by atoms with Gasteiger partial charge in [-0.25, -0.2) is 14.8 Å². The number of ether oxygens (including phenoxy) is 1. The number of hydrogen-bond acceptors (Lipinski definition) is 5. The Morgan fingerprint density at radius 3 is 2.38 bits per heavy atom. The van der Waals surface area contributed by atoms with Gasteiger partial charge in [0, 0.05) is 45.1 Å². The van der Waals surface area contributed by atoms with Gasteiger partial charge in [-0.15, -0.1) is 0 Å². The number of hydrogen-bond donors (Lipinski definition) is 1. The fourth-order valence-electron chi connectivity index (χ4n) is 3.20. The molecule has 1 aromatic heterocycles. The van der Waals surface area contributed by atoms with Crippen molar-refractivity contribution in [2.75, 3.05) is 31.1 Å². The first-order chi connectivity index (χ1) is 14.3. The van der Waals surface area contributed by atoms with Crippen LogP contribution in [-0.4, -0.2) is 47.1 Å². The average Bonchev–Trinajstić information content (AvgIpc) is 2.79. The molecule has 2 aromatic carbocycles. The van der Waals surface area contributed by atoms with Crippen LogP contribution in [0.5, 0.6) is 11.5 Å². The predicted octanol–water partition coefficient (Wildman–Crippen LogP) is 3.30. The molecule has 0 aliphatic carbocycles. The van der Waals surface area contributed by atoms with Gasteiger partial charge in [0.2, 0.25) is 5.95 Å². The highest BCUT2D eigenvalue weighted by Gasteiger charge is 2.22. The number of urea groups is 1. The Hall–Kier alpha value is -3.61. The quantitative estimate of drug-likeness (QED) is 0.725. The number of nitrogens with zero attached hydrogens (tertiary/aromatic N) is 4. The van der Waals surface area contributed by atoms with Crippen LogP contribution in [0, 0.1) is 0 Å². The summed E-state index contributed by atoms with van der Waals surface area (Å²) >= 11 is 0. The van der Waals surface area contributed by atoms with E-state index >= 15 is 0 Å². The van der Waals surface area contributed by atoms with E-state index in [0.29, 0.717) is 25.6 Å². The molecule has 0 unspecified atom stereocenters. The number of para-hydroxylation sites is 1. The summed E-state index contributed by atoms with van der Waals surface area (Å²) < 4.78 is 5.86. The van der Waals surface area contributed by atoms with Crippen LogP contribution in [0.2, 0.25) is 0 Å². The average molecular weight is 389 g/mol. The van der Waals surface area contributed by atoms with E-state index < -0.39 is 0 Å². The van der Waals surface area contributed by atoms with Crippen LogP contribution in [0.25, 0.3) is 0 Å². The van der Waals surface area contributed by atoms with E-state index in [4.69, 9.17) is 4.74 Å². The largest absolute Gasteiger partial charge is 0.457 e. The van der Waals surface area contributed by atoms with Crippen LogP contribution in [0.15, 0.2) is 73.1 Å². The lowest BCUT2D eigenvalue weighted by molar-refractivity contribution is 0.193. The molecule has 1 fully saturated rings. The minimum absolute atomic E-state index is 0.0620. The lowest BCUT2D eigenvalue weighted by Crippen LogP contribution is -2.52. The van der Waals surface area contributed by atoms with Gasteiger partial charge in [0.25, 0.3) is 0 Å². The molecule has 2 heterocycles. The van der Waals surface area contributed by atoms with Crippen molar-refractivity contribution in [1.29, 1.82) is 0 Å². The number of nitrogens with one attached hydrogen (secondary N) is 1. The van der Waals surface area contributed by atoms with Crippen LogP contribution in [-0.2, 0) is 6.54 Å². The highest BCUT2D eigenvalue weighted by molar-refractivity contribution is 5.74. The highest BCUT2D eigenvalue weighted by Crippen LogP contribution is 2.21. The monoisotopic (exact) mass is 389 g/mol. The van der Waals surface area contributed by atoms with Crippen molar-refractivity contribution < 1.29 is 9.53 Å². The number of anilines is 1. The standard InChI is InChI=1S/C22H23N5O2/c28-22(27-14-12-26(13-15-27)21-23-10-5-11-24-21)25-17-18-6-4-9-20(16-18)29-19-7-2-1-3-8-19/h1-11,16H,12-15,17H2,(H,25,28). The molecule has 3 aromatic rings. The molecule has 0 radical (unpaired) electrons. The summed E-state index contributed by atoms with van der Waals surface area (Å²) in [6.07, 6.45) is 3.47. The molecule has 7 heteroatoms. The number of rotatable bonds is 5. The molecular weight excluding hydrogens is 366 g/mol. The van der Waals surface area contributed by atoms with Gasteiger partial charge >= 0.3 is 6.03 Å². The molecule has 0 saturated carbocycles. The molecule has 148 valence electrons. The molecule has 2 amide bonds. The smallest absolute Gasteiger partial charge is 0.317 e. The number of benzene rings is 2. The Kier molecular flexibility index (Phi) is 5.85. The normalized spacial score (nSPS) is 13.8. The summed E-state index contributed by atoms with van der Waals surface area (Å²) in [7, 11) is 0. The first-order valence-corrected chi connectivity index (χ1v) is 9.64. The minimum Gasteiger partial charge on any atom is -0.457 e. The summed E-state index contributed by atoms with van der Waals surface area (Å²) in [5.41, 5.74) is 0.989. The second-order valence-corrected chi connectivity index (χ2v) is 6.74. The van der Waals surface area contributed by atoms with Gasteiger partial charge in [0.05, 0.1) is 0 Å². The maximum Gasteiger partial charge on any atom is 0.317 e. The van der Waals surface area contributed by atoms with E-state index in [2.05, 4.69) is 20.2 Å².